The van der Waals surface area contributed by atoms with Gasteiger partial charge in [-0.3, -0.25) is 13.9 Å². The van der Waals surface area contributed by atoms with E-state index in [1.807, 2.05) is 0 Å². The number of rotatable bonds is 9. The van der Waals surface area contributed by atoms with E-state index >= 15 is 0 Å². The van der Waals surface area contributed by atoms with Crippen molar-refractivity contribution >= 4 is 39.1 Å². The normalized spacial score (nSPS) is 12.1. The zero-order valence-corrected chi connectivity index (χ0v) is 18.8. The lowest BCUT2D eigenvalue weighted by Crippen LogP contribution is -2.51. The van der Waals surface area contributed by atoms with E-state index in [0.29, 0.717) is 17.1 Å². The molecule has 0 heterocycles. The Labute approximate surface area is 182 Å². The Bertz CT molecular complexity index is 966. The van der Waals surface area contributed by atoms with Crippen LogP contribution in [0.15, 0.2) is 54.6 Å². The zero-order chi connectivity index (χ0) is 22.3. The molecule has 9 heteroatoms. The molecule has 30 heavy (non-hydrogen) atoms. The Hall–Kier alpha value is -2.58. The lowest BCUT2D eigenvalue weighted by atomic mass is 10.1. The number of halogens is 1. The van der Waals surface area contributed by atoms with Crippen molar-refractivity contribution in [3.63, 3.8) is 0 Å². The van der Waals surface area contributed by atoms with Crippen LogP contribution in [0, 0.1) is 0 Å². The van der Waals surface area contributed by atoms with Crippen molar-refractivity contribution in [1.29, 1.82) is 0 Å². The van der Waals surface area contributed by atoms with E-state index in [2.05, 4.69) is 5.32 Å². The van der Waals surface area contributed by atoms with Crippen LogP contribution in [-0.2, 0) is 26.2 Å². The minimum absolute atomic E-state index is 0.147. The highest BCUT2D eigenvalue weighted by atomic mass is 35.5. The van der Waals surface area contributed by atoms with Gasteiger partial charge in [0.25, 0.3) is 0 Å². The summed E-state index contributed by atoms with van der Waals surface area (Å²) in [5.41, 5.74) is 1.16. The number of benzene rings is 2. The number of carbonyl (C=O) groups excluding carboxylic acids is 2. The third-order valence-electron chi connectivity index (χ3n) is 4.62. The molecule has 2 aromatic carbocycles. The summed E-state index contributed by atoms with van der Waals surface area (Å²) >= 11 is 5.94. The number of hydrogen-bond donors (Lipinski definition) is 1. The van der Waals surface area contributed by atoms with Gasteiger partial charge in [0.2, 0.25) is 21.8 Å². The first-order valence-electron chi connectivity index (χ1n) is 9.45. The van der Waals surface area contributed by atoms with E-state index in [9.17, 15) is 18.0 Å². The number of hydrogen-bond acceptors (Lipinski definition) is 4. The second-order valence-electron chi connectivity index (χ2n) is 6.79. The maximum Gasteiger partial charge on any atom is 0.244 e. The smallest absolute Gasteiger partial charge is 0.244 e. The summed E-state index contributed by atoms with van der Waals surface area (Å²) in [4.78, 5) is 27.1. The highest BCUT2D eigenvalue weighted by Gasteiger charge is 2.31. The van der Waals surface area contributed by atoms with E-state index in [1.54, 1.807) is 61.5 Å². The average molecular weight is 452 g/mol. The number of anilines is 1. The van der Waals surface area contributed by atoms with Crippen LogP contribution in [-0.4, -0.2) is 51.0 Å². The number of likely N-dealkylation sites (N-methyl/N-ethyl adjacent to an activating group) is 1. The Kier molecular flexibility index (Phi) is 8.25. The van der Waals surface area contributed by atoms with Gasteiger partial charge in [0, 0.05) is 18.6 Å². The van der Waals surface area contributed by atoms with Crippen molar-refractivity contribution in [2.24, 2.45) is 0 Å². The second-order valence-corrected chi connectivity index (χ2v) is 9.13. The third kappa shape index (κ3) is 6.21. The Morgan fingerprint density at radius 3 is 2.17 bits per heavy atom. The first kappa shape index (κ1) is 23.7. The van der Waals surface area contributed by atoms with E-state index in [0.717, 1.165) is 16.1 Å². The van der Waals surface area contributed by atoms with Gasteiger partial charge in [-0.05, 0) is 36.2 Å². The molecule has 0 aliphatic carbocycles. The van der Waals surface area contributed by atoms with Gasteiger partial charge in [-0.1, -0.05) is 48.9 Å². The molecule has 0 spiro atoms. The predicted molar refractivity (Wildman–Crippen MR) is 119 cm³/mol. The largest absolute Gasteiger partial charge is 0.357 e. The molecule has 2 amide bonds. The molecule has 0 aromatic heterocycles. The van der Waals surface area contributed by atoms with Crippen LogP contribution in [0.5, 0.6) is 0 Å². The molecule has 0 saturated heterocycles. The lowest BCUT2D eigenvalue weighted by molar-refractivity contribution is -0.140. The molecule has 1 atom stereocenters. The number of nitrogens with zero attached hydrogens (tertiary/aromatic N) is 2. The number of para-hydroxylation sites is 1. The standard InChI is InChI=1S/C21H26ClN3O4S/c1-4-19(21(27)23-2)24(14-16-10-12-17(22)13-11-16)20(26)15-25(30(3,28)29)18-8-6-5-7-9-18/h5-13,19H,4,14-15H2,1-3H3,(H,23,27)/t19-/m1/s1. The van der Waals surface area contributed by atoms with Crippen molar-refractivity contribution < 1.29 is 18.0 Å². The summed E-state index contributed by atoms with van der Waals surface area (Å²) in [7, 11) is -2.21. The molecule has 0 aliphatic rings. The molecular formula is C21H26ClN3O4S. The van der Waals surface area contributed by atoms with Crippen molar-refractivity contribution in [3.8, 4) is 0 Å². The van der Waals surface area contributed by atoms with Crippen LogP contribution >= 0.6 is 11.6 Å². The van der Waals surface area contributed by atoms with E-state index < -0.39 is 28.5 Å². The van der Waals surface area contributed by atoms with E-state index in [1.165, 1.54) is 11.9 Å². The molecular weight excluding hydrogens is 426 g/mol. The molecule has 7 nitrogen and oxygen atoms in total. The number of nitrogens with one attached hydrogen (secondary N) is 1. The summed E-state index contributed by atoms with van der Waals surface area (Å²) in [5.74, 6) is -0.792. The SMILES string of the molecule is CC[C@H](C(=O)NC)N(Cc1ccc(Cl)cc1)C(=O)CN(c1ccccc1)S(C)(=O)=O. The Morgan fingerprint density at radius 2 is 1.67 bits per heavy atom. The van der Waals surface area contributed by atoms with E-state index in [-0.39, 0.29) is 12.5 Å². The molecule has 162 valence electrons. The predicted octanol–water partition coefficient (Wildman–Crippen LogP) is 2.66. The fraction of sp³-hybridized carbons (Fsp3) is 0.333. The highest BCUT2D eigenvalue weighted by Crippen LogP contribution is 2.19. The molecule has 0 bridgehead atoms. The molecule has 2 aromatic rings. The van der Waals surface area contributed by atoms with Gasteiger partial charge in [0.15, 0.2) is 0 Å². The monoisotopic (exact) mass is 451 g/mol. The summed E-state index contributed by atoms with van der Waals surface area (Å²) in [5, 5.41) is 3.13. The summed E-state index contributed by atoms with van der Waals surface area (Å²) in [6.07, 6.45) is 1.43. The number of sulfonamides is 1. The molecule has 1 N–H and O–H groups in total. The topological polar surface area (TPSA) is 86.8 Å². The fourth-order valence-corrected chi connectivity index (χ4v) is 4.06. The van der Waals surface area contributed by atoms with Crippen LogP contribution in [0.25, 0.3) is 0 Å². The second kappa shape index (κ2) is 10.4. The summed E-state index contributed by atoms with van der Waals surface area (Å²) < 4.78 is 25.8. The molecule has 0 aliphatic heterocycles. The fourth-order valence-electron chi connectivity index (χ4n) is 3.08. The maximum atomic E-state index is 13.3. The summed E-state index contributed by atoms with van der Waals surface area (Å²) in [6, 6.07) is 14.6. The van der Waals surface area contributed by atoms with Crippen LogP contribution in [0.2, 0.25) is 5.02 Å². The van der Waals surface area contributed by atoms with Crippen molar-refractivity contribution in [2.45, 2.75) is 25.9 Å². The van der Waals surface area contributed by atoms with Gasteiger partial charge < -0.3 is 10.2 Å². The van der Waals surface area contributed by atoms with Crippen LogP contribution < -0.4 is 9.62 Å². The quantitative estimate of drug-likeness (QED) is 0.635. The highest BCUT2D eigenvalue weighted by molar-refractivity contribution is 7.92. The minimum Gasteiger partial charge on any atom is -0.357 e. The number of carbonyl (C=O) groups is 2. The maximum absolute atomic E-state index is 13.3. The molecule has 0 saturated carbocycles. The molecule has 0 radical (unpaired) electrons. The molecule has 0 unspecified atom stereocenters. The average Bonchev–Trinajstić information content (AvgIpc) is 2.72. The van der Waals surface area contributed by atoms with Crippen LogP contribution in [0.1, 0.15) is 18.9 Å². The summed E-state index contributed by atoms with van der Waals surface area (Å²) in [6.45, 7) is 1.53. The zero-order valence-electron chi connectivity index (χ0n) is 17.2. The number of amides is 2. The molecule has 0 fully saturated rings. The van der Waals surface area contributed by atoms with Crippen LogP contribution in [0.3, 0.4) is 0 Å². The van der Waals surface area contributed by atoms with Gasteiger partial charge >= 0.3 is 0 Å². The Morgan fingerprint density at radius 1 is 1.07 bits per heavy atom. The third-order valence-corrected chi connectivity index (χ3v) is 6.01. The van der Waals surface area contributed by atoms with Gasteiger partial charge in [0.05, 0.1) is 11.9 Å². The van der Waals surface area contributed by atoms with Gasteiger partial charge in [-0.15, -0.1) is 0 Å². The van der Waals surface area contributed by atoms with Crippen molar-refractivity contribution in [2.75, 3.05) is 24.2 Å². The first-order chi connectivity index (χ1) is 14.2. The van der Waals surface area contributed by atoms with Gasteiger partial charge in [0.1, 0.15) is 12.6 Å². The first-order valence-corrected chi connectivity index (χ1v) is 11.7. The van der Waals surface area contributed by atoms with Crippen molar-refractivity contribution in [3.05, 3.63) is 65.2 Å². The van der Waals surface area contributed by atoms with E-state index in [4.69, 9.17) is 11.6 Å². The van der Waals surface area contributed by atoms with Gasteiger partial charge in [-0.2, -0.15) is 0 Å². The molecule has 2 rings (SSSR count). The minimum atomic E-state index is -3.72. The van der Waals surface area contributed by atoms with Crippen molar-refractivity contribution in [1.82, 2.24) is 10.2 Å². The van der Waals surface area contributed by atoms with Gasteiger partial charge in [-0.25, -0.2) is 8.42 Å². The Balaban J connectivity index is 2.38. The lowest BCUT2D eigenvalue weighted by Gasteiger charge is -2.32. The van der Waals surface area contributed by atoms with Crippen LogP contribution in [0.4, 0.5) is 5.69 Å².